The molecule has 0 amide bonds. The summed E-state index contributed by atoms with van der Waals surface area (Å²) in [5, 5.41) is 0.673. The second kappa shape index (κ2) is 4.03. The predicted molar refractivity (Wildman–Crippen MR) is 73.6 cm³/mol. The highest BCUT2D eigenvalue weighted by Crippen LogP contribution is 2.28. The number of halogens is 1. The Kier molecular flexibility index (Phi) is 2.49. The van der Waals surface area contributed by atoms with E-state index in [9.17, 15) is 0 Å². The lowest BCUT2D eigenvalue weighted by molar-refractivity contribution is 0.620. The molecule has 0 aliphatic carbocycles. The van der Waals surface area contributed by atoms with Gasteiger partial charge in [0.15, 0.2) is 5.58 Å². The van der Waals surface area contributed by atoms with Crippen LogP contribution in [0.5, 0.6) is 0 Å². The number of benzene rings is 2. The van der Waals surface area contributed by atoms with Crippen LogP contribution in [0.2, 0.25) is 5.02 Å². The third-order valence-corrected chi connectivity index (χ3v) is 2.92. The molecule has 3 rings (SSSR count). The highest BCUT2D eigenvalue weighted by molar-refractivity contribution is 6.30. The van der Waals surface area contributed by atoms with Gasteiger partial charge in [-0.05, 0) is 42.8 Å². The Morgan fingerprint density at radius 2 is 2.00 bits per heavy atom. The molecular weight excluding hydrogens is 248 g/mol. The smallest absolute Gasteiger partial charge is 0.227 e. The van der Waals surface area contributed by atoms with Crippen molar-refractivity contribution in [2.45, 2.75) is 6.92 Å². The maximum Gasteiger partial charge on any atom is 0.227 e. The minimum atomic E-state index is 0.557. The fourth-order valence-corrected chi connectivity index (χ4v) is 2.21. The number of hydrogen-bond acceptors (Lipinski definition) is 3. The van der Waals surface area contributed by atoms with Crippen LogP contribution in [0.25, 0.3) is 22.6 Å². The number of rotatable bonds is 1. The SMILES string of the molecule is Cc1cc(Cl)cc(-c2nc3ccc(N)cc3o2)c1. The van der Waals surface area contributed by atoms with Gasteiger partial charge in [-0.1, -0.05) is 11.6 Å². The number of nitrogens with two attached hydrogens (primary N) is 1. The molecule has 2 N–H and O–H groups in total. The van der Waals surface area contributed by atoms with Crippen molar-refractivity contribution in [1.82, 2.24) is 4.98 Å². The van der Waals surface area contributed by atoms with Crippen molar-refractivity contribution in [1.29, 1.82) is 0 Å². The molecule has 0 unspecified atom stereocenters. The normalized spacial score (nSPS) is 11.0. The molecule has 2 aromatic carbocycles. The third kappa shape index (κ3) is 1.93. The Labute approximate surface area is 109 Å². The molecule has 3 aromatic rings. The molecule has 4 heteroatoms. The number of aryl methyl sites for hydroxylation is 1. The Morgan fingerprint density at radius 1 is 1.17 bits per heavy atom. The van der Waals surface area contributed by atoms with E-state index in [1.54, 1.807) is 12.1 Å². The van der Waals surface area contributed by atoms with Gasteiger partial charge in [-0.15, -0.1) is 0 Å². The molecule has 0 saturated heterocycles. The van der Waals surface area contributed by atoms with Gasteiger partial charge in [-0.2, -0.15) is 0 Å². The predicted octanol–water partition coefficient (Wildman–Crippen LogP) is 4.04. The minimum absolute atomic E-state index is 0.557. The van der Waals surface area contributed by atoms with Crippen LogP contribution in [0.4, 0.5) is 5.69 Å². The number of nitrogen functional groups attached to an aromatic ring is 1. The highest BCUT2D eigenvalue weighted by atomic mass is 35.5. The molecule has 3 nitrogen and oxygen atoms in total. The summed E-state index contributed by atoms with van der Waals surface area (Å²) in [7, 11) is 0. The topological polar surface area (TPSA) is 52.0 Å². The van der Waals surface area contributed by atoms with Gasteiger partial charge in [0.05, 0.1) is 0 Å². The summed E-state index contributed by atoms with van der Waals surface area (Å²) < 4.78 is 5.70. The molecule has 18 heavy (non-hydrogen) atoms. The number of nitrogens with zero attached hydrogens (tertiary/aromatic N) is 1. The van der Waals surface area contributed by atoms with Crippen LogP contribution < -0.4 is 5.73 Å². The summed E-state index contributed by atoms with van der Waals surface area (Å²) in [4.78, 5) is 4.43. The van der Waals surface area contributed by atoms with Crippen LogP contribution in [0.3, 0.4) is 0 Å². The lowest BCUT2D eigenvalue weighted by Gasteiger charge is -1.98. The van der Waals surface area contributed by atoms with Crippen molar-refractivity contribution >= 4 is 28.4 Å². The van der Waals surface area contributed by atoms with Gasteiger partial charge < -0.3 is 10.2 Å². The van der Waals surface area contributed by atoms with E-state index in [1.165, 1.54) is 0 Å². The molecule has 1 aromatic heterocycles. The van der Waals surface area contributed by atoms with Crippen LogP contribution in [-0.4, -0.2) is 4.98 Å². The largest absolute Gasteiger partial charge is 0.436 e. The maximum atomic E-state index is 6.03. The zero-order valence-electron chi connectivity index (χ0n) is 9.77. The van der Waals surface area contributed by atoms with Crippen molar-refractivity contribution in [3.63, 3.8) is 0 Å². The maximum absolute atomic E-state index is 6.03. The van der Waals surface area contributed by atoms with E-state index in [-0.39, 0.29) is 0 Å². The van der Waals surface area contributed by atoms with E-state index in [2.05, 4.69) is 4.98 Å². The van der Waals surface area contributed by atoms with Crippen LogP contribution in [0.15, 0.2) is 40.8 Å². The molecule has 0 spiro atoms. The average Bonchev–Trinajstić information content (AvgIpc) is 2.70. The van der Waals surface area contributed by atoms with Crippen molar-refractivity contribution in [3.8, 4) is 11.5 Å². The summed E-state index contributed by atoms with van der Waals surface area (Å²) >= 11 is 6.03. The van der Waals surface area contributed by atoms with Crippen molar-refractivity contribution < 1.29 is 4.42 Å². The second-order valence-electron chi connectivity index (χ2n) is 4.26. The van der Waals surface area contributed by atoms with Crippen LogP contribution in [-0.2, 0) is 0 Å². The highest BCUT2D eigenvalue weighted by Gasteiger charge is 2.09. The molecule has 0 aliphatic rings. The zero-order valence-corrected chi connectivity index (χ0v) is 10.5. The first-order valence-corrected chi connectivity index (χ1v) is 5.93. The standard InChI is InChI=1S/C14H11ClN2O/c1-8-4-9(6-10(15)5-8)14-17-12-3-2-11(16)7-13(12)18-14/h2-7H,16H2,1H3. The van der Waals surface area contributed by atoms with E-state index in [1.807, 2.05) is 31.2 Å². The van der Waals surface area contributed by atoms with Gasteiger partial charge in [0.2, 0.25) is 5.89 Å². The van der Waals surface area contributed by atoms with E-state index in [4.69, 9.17) is 21.8 Å². The summed E-state index contributed by atoms with van der Waals surface area (Å²) in [6.07, 6.45) is 0. The summed E-state index contributed by atoms with van der Waals surface area (Å²) in [6, 6.07) is 11.1. The van der Waals surface area contributed by atoms with Gasteiger partial charge in [0.1, 0.15) is 5.52 Å². The van der Waals surface area contributed by atoms with E-state index in [0.29, 0.717) is 22.2 Å². The first-order chi connectivity index (χ1) is 8.61. The van der Waals surface area contributed by atoms with Gasteiger partial charge in [-0.3, -0.25) is 0 Å². The van der Waals surface area contributed by atoms with Crippen molar-refractivity contribution in [2.24, 2.45) is 0 Å². The quantitative estimate of drug-likeness (QED) is 0.670. The molecule has 90 valence electrons. The van der Waals surface area contributed by atoms with E-state index in [0.717, 1.165) is 16.6 Å². The van der Waals surface area contributed by atoms with Gasteiger partial charge in [0.25, 0.3) is 0 Å². The fraction of sp³-hybridized carbons (Fsp3) is 0.0714. The molecule has 0 fully saturated rings. The van der Waals surface area contributed by atoms with E-state index >= 15 is 0 Å². The molecule has 0 saturated carbocycles. The first-order valence-electron chi connectivity index (χ1n) is 5.55. The van der Waals surface area contributed by atoms with Gasteiger partial charge in [0, 0.05) is 22.3 Å². The summed E-state index contributed by atoms with van der Waals surface area (Å²) in [5.74, 6) is 0.557. The molecule has 0 aliphatic heterocycles. The molecular formula is C14H11ClN2O. The molecule has 0 atom stereocenters. The summed E-state index contributed by atoms with van der Waals surface area (Å²) in [6.45, 7) is 1.98. The lowest BCUT2D eigenvalue weighted by Crippen LogP contribution is -1.81. The molecule has 1 heterocycles. The lowest BCUT2D eigenvalue weighted by atomic mass is 10.1. The Balaban J connectivity index is 2.19. The van der Waals surface area contributed by atoms with E-state index < -0.39 is 0 Å². The minimum Gasteiger partial charge on any atom is -0.436 e. The van der Waals surface area contributed by atoms with Crippen molar-refractivity contribution in [2.75, 3.05) is 5.73 Å². The molecule has 0 radical (unpaired) electrons. The average molecular weight is 259 g/mol. The Hall–Kier alpha value is -2.00. The summed E-state index contributed by atoms with van der Waals surface area (Å²) in [5.41, 5.74) is 9.78. The Morgan fingerprint density at radius 3 is 2.78 bits per heavy atom. The second-order valence-corrected chi connectivity index (χ2v) is 4.70. The van der Waals surface area contributed by atoms with Gasteiger partial charge >= 0.3 is 0 Å². The number of anilines is 1. The number of fused-ring (bicyclic) bond motifs is 1. The molecule has 0 bridgehead atoms. The van der Waals surface area contributed by atoms with Crippen molar-refractivity contribution in [3.05, 3.63) is 47.0 Å². The number of aromatic nitrogens is 1. The number of oxazole rings is 1. The Bertz CT molecular complexity index is 713. The number of hydrogen-bond donors (Lipinski definition) is 1. The zero-order chi connectivity index (χ0) is 12.7. The van der Waals surface area contributed by atoms with Gasteiger partial charge in [-0.25, -0.2) is 4.98 Å². The van der Waals surface area contributed by atoms with Crippen LogP contribution in [0.1, 0.15) is 5.56 Å². The third-order valence-electron chi connectivity index (χ3n) is 2.70. The first kappa shape index (κ1) is 11.1. The fourth-order valence-electron chi connectivity index (χ4n) is 1.92. The van der Waals surface area contributed by atoms with Crippen LogP contribution in [0, 0.1) is 6.92 Å². The monoisotopic (exact) mass is 258 g/mol. The van der Waals surface area contributed by atoms with Crippen LogP contribution >= 0.6 is 11.6 Å².